The van der Waals surface area contributed by atoms with E-state index >= 15 is 0 Å². The van der Waals surface area contributed by atoms with Crippen LogP contribution in [0.2, 0.25) is 0 Å². The highest BCUT2D eigenvalue weighted by Gasteiger charge is 2.22. The number of hydrogen-bond donors (Lipinski definition) is 0. The average Bonchev–Trinajstić information content (AvgIpc) is 2.78. The number of nitrogens with zero attached hydrogens (tertiary/aromatic N) is 3. The van der Waals surface area contributed by atoms with Crippen molar-refractivity contribution in [3.05, 3.63) is 83.2 Å². The summed E-state index contributed by atoms with van der Waals surface area (Å²) in [6.45, 7) is 6.78. The van der Waals surface area contributed by atoms with Crippen LogP contribution in [0.25, 0.3) is 0 Å². The zero-order chi connectivity index (χ0) is 20.1. The van der Waals surface area contributed by atoms with Crippen molar-refractivity contribution in [1.82, 2.24) is 14.9 Å². The SMILES string of the molecule is CCOc1ncc([C@@H](C)N2CCc3ccc(SCc4ccccc4)cc3C2)cn1. The van der Waals surface area contributed by atoms with Crippen molar-refractivity contribution >= 4 is 11.8 Å². The van der Waals surface area contributed by atoms with Gasteiger partial charge in [-0.3, -0.25) is 4.90 Å². The van der Waals surface area contributed by atoms with Crippen LogP contribution < -0.4 is 4.74 Å². The van der Waals surface area contributed by atoms with Gasteiger partial charge in [-0.2, -0.15) is 0 Å². The summed E-state index contributed by atoms with van der Waals surface area (Å²) in [5.41, 5.74) is 5.40. The fourth-order valence-electron chi connectivity index (χ4n) is 3.67. The van der Waals surface area contributed by atoms with E-state index in [1.165, 1.54) is 21.6 Å². The number of benzene rings is 2. The van der Waals surface area contributed by atoms with E-state index in [2.05, 4.69) is 70.3 Å². The van der Waals surface area contributed by atoms with Crippen molar-refractivity contribution in [1.29, 1.82) is 0 Å². The molecular formula is C24H27N3OS. The molecule has 4 nitrogen and oxygen atoms in total. The minimum Gasteiger partial charge on any atom is -0.464 e. The lowest BCUT2D eigenvalue weighted by molar-refractivity contribution is 0.191. The minimum atomic E-state index is 0.277. The zero-order valence-corrected chi connectivity index (χ0v) is 17.9. The number of thioether (sulfide) groups is 1. The topological polar surface area (TPSA) is 38.2 Å². The Morgan fingerprint density at radius 2 is 1.86 bits per heavy atom. The molecule has 2 heterocycles. The third kappa shape index (κ3) is 4.98. The van der Waals surface area contributed by atoms with Crippen molar-refractivity contribution in [3.63, 3.8) is 0 Å². The molecule has 1 aliphatic rings. The Morgan fingerprint density at radius 1 is 1.07 bits per heavy atom. The highest BCUT2D eigenvalue weighted by molar-refractivity contribution is 7.98. The molecule has 0 spiro atoms. The standard InChI is InChI=1S/C24H27N3OS/c1-3-28-24-25-14-22(15-26-24)18(2)27-12-11-20-9-10-23(13-21(20)16-27)29-17-19-7-5-4-6-8-19/h4-10,13-15,18H,3,11-12,16-17H2,1-2H3/t18-/m1/s1. The fraction of sp³-hybridized carbons (Fsp3) is 0.333. The van der Waals surface area contributed by atoms with Crippen molar-refractivity contribution in [2.45, 2.75) is 43.5 Å². The molecule has 0 N–H and O–H groups in total. The van der Waals surface area contributed by atoms with Gasteiger partial charge >= 0.3 is 6.01 Å². The Kier molecular flexibility index (Phi) is 6.47. The third-order valence-electron chi connectivity index (χ3n) is 5.42. The number of ether oxygens (including phenoxy) is 1. The van der Waals surface area contributed by atoms with Crippen LogP contribution in [-0.2, 0) is 18.7 Å². The van der Waals surface area contributed by atoms with Crippen LogP contribution in [0.1, 0.15) is 42.1 Å². The van der Waals surface area contributed by atoms with Gasteiger partial charge in [0.05, 0.1) is 6.61 Å². The highest BCUT2D eigenvalue weighted by atomic mass is 32.2. The van der Waals surface area contributed by atoms with Gasteiger partial charge in [-0.25, -0.2) is 9.97 Å². The molecule has 2 aromatic carbocycles. The van der Waals surface area contributed by atoms with Crippen molar-refractivity contribution in [2.75, 3.05) is 13.2 Å². The van der Waals surface area contributed by atoms with E-state index in [1.54, 1.807) is 0 Å². The first-order valence-electron chi connectivity index (χ1n) is 10.2. The molecule has 5 heteroatoms. The Labute approximate surface area is 177 Å². The summed E-state index contributed by atoms with van der Waals surface area (Å²) in [6.07, 6.45) is 4.87. The number of hydrogen-bond acceptors (Lipinski definition) is 5. The molecule has 0 aliphatic carbocycles. The lowest BCUT2D eigenvalue weighted by atomic mass is 9.97. The third-order valence-corrected chi connectivity index (χ3v) is 6.48. The van der Waals surface area contributed by atoms with E-state index in [-0.39, 0.29) is 6.04 Å². The van der Waals surface area contributed by atoms with Gasteiger partial charge in [-0.1, -0.05) is 36.4 Å². The van der Waals surface area contributed by atoms with E-state index in [9.17, 15) is 0 Å². The van der Waals surface area contributed by atoms with Gasteiger partial charge in [0, 0.05) is 47.7 Å². The Morgan fingerprint density at radius 3 is 2.62 bits per heavy atom. The van der Waals surface area contributed by atoms with Gasteiger partial charge in [0.2, 0.25) is 0 Å². The molecule has 0 radical (unpaired) electrons. The maximum atomic E-state index is 5.36. The maximum Gasteiger partial charge on any atom is 0.316 e. The first kappa shape index (κ1) is 19.9. The second-order valence-electron chi connectivity index (χ2n) is 7.33. The molecule has 1 atom stereocenters. The molecule has 0 saturated heterocycles. The molecule has 4 rings (SSSR count). The molecule has 0 saturated carbocycles. The van der Waals surface area contributed by atoms with Gasteiger partial charge in [-0.15, -0.1) is 11.8 Å². The van der Waals surface area contributed by atoms with E-state index in [4.69, 9.17) is 4.74 Å². The lowest BCUT2D eigenvalue weighted by Gasteiger charge is -2.34. The van der Waals surface area contributed by atoms with E-state index in [0.717, 1.165) is 30.8 Å². The molecule has 0 bridgehead atoms. The summed E-state index contributed by atoms with van der Waals surface area (Å²) in [4.78, 5) is 12.5. The first-order valence-corrected chi connectivity index (χ1v) is 11.2. The van der Waals surface area contributed by atoms with Crippen molar-refractivity contribution < 1.29 is 4.74 Å². The summed E-state index contributed by atoms with van der Waals surface area (Å²) in [5.74, 6) is 1.00. The summed E-state index contributed by atoms with van der Waals surface area (Å²) < 4.78 is 5.36. The molecule has 1 aromatic heterocycles. The monoisotopic (exact) mass is 405 g/mol. The Hall–Kier alpha value is -2.37. The first-order chi connectivity index (χ1) is 14.2. The second-order valence-corrected chi connectivity index (χ2v) is 8.38. The van der Waals surface area contributed by atoms with Crippen LogP contribution in [0.3, 0.4) is 0 Å². The van der Waals surface area contributed by atoms with E-state index in [1.807, 2.05) is 31.1 Å². The van der Waals surface area contributed by atoms with Gasteiger partial charge < -0.3 is 4.74 Å². The Balaban J connectivity index is 1.42. The number of fused-ring (bicyclic) bond motifs is 1. The van der Waals surface area contributed by atoms with Crippen molar-refractivity contribution in [3.8, 4) is 6.01 Å². The van der Waals surface area contributed by atoms with Crippen LogP contribution in [-0.4, -0.2) is 28.0 Å². The zero-order valence-electron chi connectivity index (χ0n) is 17.0. The predicted octanol–water partition coefficient (Wildman–Crippen LogP) is 5.29. The Bertz CT molecular complexity index is 931. The molecule has 1 aliphatic heterocycles. The van der Waals surface area contributed by atoms with Crippen molar-refractivity contribution in [2.24, 2.45) is 0 Å². The second kappa shape index (κ2) is 9.42. The summed E-state index contributed by atoms with van der Waals surface area (Å²) in [6, 6.07) is 18.3. The largest absolute Gasteiger partial charge is 0.464 e. The van der Waals surface area contributed by atoms with Crippen LogP contribution in [0.4, 0.5) is 0 Å². The minimum absolute atomic E-state index is 0.277. The number of aromatic nitrogens is 2. The predicted molar refractivity (Wildman–Crippen MR) is 118 cm³/mol. The van der Waals surface area contributed by atoms with Crippen LogP contribution in [0, 0.1) is 0 Å². The fourth-order valence-corrected chi connectivity index (χ4v) is 4.59. The molecule has 150 valence electrons. The molecular weight excluding hydrogens is 378 g/mol. The normalized spacial score (nSPS) is 15.0. The van der Waals surface area contributed by atoms with Crippen LogP contribution >= 0.6 is 11.8 Å². The average molecular weight is 406 g/mol. The summed E-state index contributed by atoms with van der Waals surface area (Å²) >= 11 is 1.91. The quantitative estimate of drug-likeness (QED) is 0.500. The molecule has 0 fully saturated rings. The van der Waals surface area contributed by atoms with Gasteiger partial charge in [0.1, 0.15) is 0 Å². The molecule has 0 unspecified atom stereocenters. The smallest absolute Gasteiger partial charge is 0.316 e. The molecule has 3 aromatic rings. The van der Waals surface area contributed by atoms with Gasteiger partial charge in [-0.05, 0) is 49.1 Å². The lowest BCUT2D eigenvalue weighted by Crippen LogP contribution is -2.33. The van der Waals surface area contributed by atoms with E-state index < -0.39 is 0 Å². The number of rotatable bonds is 7. The molecule has 0 amide bonds. The highest BCUT2D eigenvalue weighted by Crippen LogP contribution is 2.31. The van der Waals surface area contributed by atoms with Gasteiger partial charge in [0.15, 0.2) is 0 Å². The maximum absolute atomic E-state index is 5.36. The summed E-state index contributed by atoms with van der Waals surface area (Å²) in [7, 11) is 0. The molecule has 29 heavy (non-hydrogen) atoms. The summed E-state index contributed by atoms with van der Waals surface area (Å²) in [5, 5.41) is 0. The van der Waals surface area contributed by atoms with E-state index in [0.29, 0.717) is 12.6 Å². The van der Waals surface area contributed by atoms with Gasteiger partial charge in [0.25, 0.3) is 0 Å². The van der Waals surface area contributed by atoms with Crippen LogP contribution in [0.5, 0.6) is 6.01 Å². The van der Waals surface area contributed by atoms with Crippen LogP contribution in [0.15, 0.2) is 65.8 Å².